The fourth-order valence-corrected chi connectivity index (χ4v) is 1.23. The van der Waals surface area contributed by atoms with Gasteiger partial charge in [-0.3, -0.25) is 4.79 Å². The first kappa shape index (κ1) is 10.7. The van der Waals surface area contributed by atoms with E-state index in [0.717, 1.165) is 5.56 Å². The average molecular weight is 192 g/mol. The molecule has 0 aromatic heterocycles. The second-order valence-electron chi connectivity index (χ2n) is 3.27. The summed E-state index contributed by atoms with van der Waals surface area (Å²) in [7, 11) is 3.58. The van der Waals surface area contributed by atoms with Gasteiger partial charge in [-0.15, -0.1) is 0 Å². The lowest BCUT2D eigenvalue weighted by Gasteiger charge is -2.16. The number of hydrogen-bond donors (Lipinski definition) is 1. The molecule has 3 nitrogen and oxygen atoms in total. The van der Waals surface area contributed by atoms with Crippen molar-refractivity contribution in [3.8, 4) is 0 Å². The van der Waals surface area contributed by atoms with E-state index in [2.05, 4.69) is 5.32 Å². The Balaban J connectivity index is 2.49. The summed E-state index contributed by atoms with van der Waals surface area (Å²) in [5, 5.41) is 2.84. The Labute approximate surface area is 84.7 Å². The molecule has 0 aliphatic rings. The first-order chi connectivity index (χ1) is 6.74. The van der Waals surface area contributed by atoms with Gasteiger partial charge in [0.1, 0.15) is 0 Å². The van der Waals surface area contributed by atoms with Crippen LogP contribution in [0.4, 0.5) is 0 Å². The molecule has 0 saturated carbocycles. The molecule has 1 N–H and O–H groups in total. The number of carbonyl (C=O) groups is 1. The van der Waals surface area contributed by atoms with Crippen LogP contribution in [-0.4, -0.2) is 31.4 Å². The van der Waals surface area contributed by atoms with Crippen LogP contribution < -0.4 is 5.32 Å². The lowest BCUT2D eigenvalue weighted by atomic mass is 10.2. The summed E-state index contributed by atoms with van der Waals surface area (Å²) < 4.78 is 0. The van der Waals surface area contributed by atoms with Crippen LogP contribution in [0.15, 0.2) is 30.3 Å². The predicted molar refractivity (Wildman–Crippen MR) is 56.8 cm³/mol. The van der Waals surface area contributed by atoms with E-state index in [1.54, 1.807) is 11.9 Å². The van der Waals surface area contributed by atoms with Crippen molar-refractivity contribution in [1.82, 2.24) is 10.2 Å². The molecule has 76 valence electrons. The summed E-state index contributed by atoms with van der Waals surface area (Å²) >= 11 is 0. The molecule has 0 atom stereocenters. The highest BCUT2D eigenvalue weighted by Gasteiger charge is 2.06. The number of hydrogen-bond acceptors (Lipinski definition) is 2. The maximum absolute atomic E-state index is 11.4. The molecule has 0 saturated heterocycles. The van der Waals surface area contributed by atoms with E-state index in [1.165, 1.54) is 0 Å². The van der Waals surface area contributed by atoms with Crippen molar-refractivity contribution >= 4 is 5.91 Å². The zero-order chi connectivity index (χ0) is 10.4. The molecule has 3 heteroatoms. The number of likely N-dealkylation sites (N-methyl/N-ethyl adjacent to an activating group) is 2. The third-order valence-corrected chi connectivity index (χ3v) is 2.02. The highest BCUT2D eigenvalue weighted by molar-refractivity contribution is 5.77. The van der Waals surface area contributed by atoms with E-state index in [4.69, 9.17) is 0 Å². The van der Waals surface area contributed by atoms with Crippen molar-refractivity contribution in [1.29, 1.82) is 0 Å². The Kier molecular flexibility index (Phi) is 4.13. The Morgan fingerprint density at radius 2 is 2.00 bits per heavy atom. The van der Waals surface area contributed by atoms with Gasteiger partial charge in [0.05, 0.1) is 6.54 Å². The van der Waals surface area contributed by atoms with Crippen molar-refractivity contribution in [3.63, 3.8) is 0 Å². The molecule has 0 heterocycles. The Bertz CT molecular complexity index is 285. The lowest BCUT2D eigenvalue weighted by Crippen LogP contribution is -2.33. The summed E-state index contributed by atoms with van der Waals surface area (Å²) in [6.45, 7) is 1.06. The first-order valence-electron chi connectivity index (χ1n) is 4.66. The van der Waals surface area contributed by atoms with Crippen molar-refractivity contribution in [2.45, 2.75) is 6.54 Å². The largest absolute Gasteiger partial charge is 0.340 e. The molecule has 0 unspecified atom stereocenters. The summed E-state index contributed by atoms with van der Waals surface area (Å²) in [5.41, 5.74) is 1.15. The maximum atomic E-state index is 11.4. The number of amides is 1. The summed E-state index contributed by atoms with van der Waals surface area (Å²) in [5.74, 6) is 0.108. The molecule has 14 heavy (non-hydrogen) atoms. The van der Waals surface area contributed by atoms with Gasteiger partial charge in [0.25, 0.3) is 0 Å². The Morgan fingerprint density at radius 1 is 1.36 bits per heavy atom. The minimum Gasteiger partial charge on any atom is -0.340 e. The third kappa shape index (κ3) is 3.18. The summed E-state index contributed by atoms with van der Waals surface area (Å²) in [6, 6.07) is 9.96. The molecule has 0 radical (unpaired) electrons. The van der Waals surface area contributed by atoms with E-state index in [9.17, 15) is 4.79 Å². The Morgan fingerprint density at radius 3 is 2.57 bits per heavy atom. The van der Waals surface area contributed by atoms with Gasteiger partial charge in [0.15, 0.2) is 0 Å². The van der Waals surface area contributed by atoms with Gasteiger partial charge in [-0.1, -0.05) is 30.3 Å². The van der Waals surface area contributed by atoms with E-state index in [-0.39, 0.29) is 5.91 Å². The van der Waals surface area contributed by atoms with E-state index >= 15 is 0 Å². The van der Waals surface area contributed by atoms with Crippen molar-refractivity contribution in [3.05, 3.63) is 35.9 Å². The van der Waals surface area contributed by atoms with Gasteiger partial charge in [-0.25, -0.2) is 0 Å². The average Bonchev–Trinajstić information content (AvgIpc) is 2.19. The van der Waals surface area contributed by atoms with Gasteiger partial charge in [-0.05, 0) is 12.6 Å². The fraction of sp³-hybridized carbons (Fsp3) is 0.364. The quantitative estimate of drug-likeness (QED) is 0.767. The van der Waals surface area contributed by atoms with Crippen LogP contribution in [0, 0.1) is 0 Å². The number of nitrogens with zero attached hydrogens (tertiary/aromatic N) is 1. The monoisotopic (exact) mass is 192 g/mol. The fourth-order valence-electron chi connectivity index (χ4n) is 1.23. The van der Waals surface area contributed by atoms with Crippen molar-refractivity contribution in [2.75, 3.05) is 20.6 Å². The smallest absolute Gasteiger partial charge is 0.236 e. The highest BCUT2D eigenvalue weighted by atomic mass is 16.2. The van der Waals surface area contributed by atoms with Crippen LogP contribution in [-0.2, 0) is 11.3 Å². The highest BCUT2D eigenvalue weighted by Crippen LogP contribution is 2.02. The zero-order valence-corrected chi connectivity index (χ0v) is 8.66. The van der Waals surface area contributed by atoms with E-state index in [0.29, 0.717) is 13.1 Å². The molecule has 1 amide bonds. The number of nitrogens with one attached hydrogen (secondary N) is 1. The van der Waals surface area contributed by atoms with Crippen LogP contribution in [0.1, 0.15) is 5.56 Å². The minimum atomic E-state index is 0.108. The second kappa shape index (κ2) is 5.40. The van der Waals surface area contributed by atoms with Gasteiger partial charge in [0.2, 0.25) is 5.91 Å². The Hall–Kier alpha value is -1.35. The molecule has 1 rings (SSSR count). The molecule has 0 aliphatic heterocycles. The van der Waals surface area contributed by atoms with Gasteiger partial charge >= 0.3 is 0 Å². The van der Waals surface area contributed by atoms with Crippen LogP contribution in [0.2, 0.25) is 0 Å². The molecule has 0 fully saturated rings. The van der Waals surface area contributed by atoms with E-state index < -0.39 is 0 Å². The van der Waals surface area contributed by atoms with E-state index in [1.807, 2.05) is 37.4 Å². The van der Waals surface area contributed by atoms with Crippen LogP contribution in [0.5, 0.6) is 0 Å². The topological polar surface area (TPSA) is 32.3 Å². The van der Waals surface area contributed by atoms with Crippen LogP contribution in [0.25, 0.3) is 0 Å². The summed E-state index contributed by atoms with van der Waals surface area (Å²) in [4.78, 5) is 13.1. The predicted octanol–water partition coefficient (Wildman–Crippen LogP) is 0.864. The molecule has 0 aliphatic carbocycles. The molecule has 1 aromatic rings. The molecule has 0 spiro atoms. The summed E-state index contributed by atoms with van der Waals surface area (Å²) in [6.07, 6.45) is 0. The number of rotatable bonds is 4. The minimum absolute atomic E-state index is 0.108. The SMILES string of the molecule is CNCC(=O)N(C)Cc1ccccc1. The van der Waals surface area contributed by atoms with Crippen LogP contribution >= 0.6 is 0 Å². The standard InChI is InChI=1S/C11H16N2O/c1-12-8-11(14)13(2)9-10-6-4-3-5-7-10/h3-7,12H,8-9H2,1-2H3. The van der Waals surface area contributed by atoms with Crippen LogP contribution in [0.3, 0.4) is 0 Å². The molecule has 0 bridgehead atoms. The number of carbonyl (C=O) groups excluding carboxylic acids is 1. The molecule has 1 aromatic carbocycles. The van der Waals surface area contributed by atoms with Crippen molar-refractivity contribution in [2.24, 2.45) is 0 Å². The van der Waals surface area contributed by atoms with Gasteiger partial charge < -0.3 is 10.2 Å². The van der Waals surface area contributed by atoms with Crippen molar-refractivity contribution < 1.29 is 4.79 Å². The molecular weight excluding hydrogens is 176 g/mol. The second-order valence-corrected chi connectivity index (χ2v) is 3.27. The molecular formula is C11H16N2O. The first-order valence-corrected chi connectivity index (χ1v) is 4.66. The zero-order valence-electron chi connectivity index (χ0n) is 8.66. The normalized spacial score (nSPS) is 9.86. The third-order valence-electron chi connectivity index (χ3n) is 2.02. The van der Waals surface area contributed by atoms with Gasteiger partial charge in [0, 0.05) is 13.6 Å². The maximum Gasteiger partial charge on any atom is 0.236 e. The lowest BCUT2D eigenvalue weighted by molar-refractivity contribution is -0.129. The number of benzene rings is 1. The van der Waals surface area contributed by atoms with Gasteiger partial charge in [-0.2, -0.15) is 0 Å².